The Morgan fingerprint density at radius 2 is 2.00 bits per heavy atom. The molecule has 2 aromatic carbocycles. The van der Waals surface area contributed by atoms with Crippen LogP contribution in [0.3, 0.4) is 0 Å². The lowest BCUT2D eigenvalue weighted by Gasteiger charge is -2.08. The van der Waals surface area contributed by atoms with Crippen LogP contribution in [0, 0.1) is 11.3 Å². The van der Waals surface area contributed by atoms with Crippen molar-refractivity contribution in [2.24, 2.45) is 0 Å². The van der Waals surface area contributed by atoms with E-state index in [4.69, 9.17) is 14.7 Å². The smallest absolute Gasteiger partial charge is 0.230 e. The highest BCUT2D eigenvalue weighted by molar-refractivity contribution is 6.02. The Hall–Kier alpha value is -3.92. The summed E-state index contributed by atoms with van der Waals surface area (Å²) in [7, 11) is 0. The van der Waals surface area contributed by atoms with E-state index >= 15 is 0 Å². The Balaban J connectivity index is 1.51. The van der Waals surface area contributed by atoms with Crippen molar-refractivity contribution in [3.05, 3.63) is 65.9 Å². The van der Waals surface area contributed by atoms with Crippen LogP contribution in [-0.4, -0.2) is 22.4 Å². The minimum absolute atomic E-state index is 0.0394. The second-order valence-electron chi connectivity index (χ2n) is 5.50. The Bertz CT molecular complexity index is 1030. The molecule has 0 amide bonds. The summed E-state index contributed by atoms with van der Waals surface area (Å²) in [6.07, 6.45) is 1.57. The van der Waals surface area contributed by atoms with E-state index in [1.807, 2.05) is 0 Å². The van der Waals surface area contributed by atoms with Crippen LogP contribution in [0.1, 0.15) is 15.9 Å². The van der Waals surface area contributed by atoms with Gasteiger partial charge in [-0.05, 0) is 36.4 Å². The number of ether oxygens (including phenoxy) is 2. The van der Waals surface area contributed by atoms with Gasteiger partial charge in [0, 0.05) is 24.0 Å². The summed E-state index contributed by atoms with van der Waals surface area (Å²) in [5.74, 6) is 1.70. The zero-order chi connectivity index (χ0) is 17.9. The highest BCUT2D eigenvalue weighted by Gasteiger charge is 2.21. The Labute approximate surface area is 148 Å². The maximum Gasteiger partial charge on any atom is 0.230 e. The first-order chi connectivity index (χ1) is 12.7. The first-order valence-electron chi connectivity index (χ1n) is 7.79. The molecule has 4 rings (SSSR count). The molecule has 0 aliphatic carbocycles. The summed E-state index contributed by atoms with van der Waals surface area (Å²) in [4.78, 5) is 20.0. The van der Waals surface area contributed by atoms with Gasteiger partial charge in [0.2, 0.25) is 17.6 Å². The first-order valence-corrected chi connectivity index (χ1v) is 7.79. The van der Waals surface area contributed by atoms with Gasteiger partial charge in [0.25, 0.3) is 0 Å². The molecule has 1 aliphatic heterocycles. The molecular weight excluding hydrogens is 332 g/mol. The van der Waals surface area contributed by atoms with E-state index < -0.39 is 0 Å². The third kappa shape index (κ3) is 3.16. The minimum Gasteiger partial charge on any atom is -0.485 e. The summed E-state index contributed by atoms with van der Waals surface area (Å²) < 4.78 is 11.0. The van der Waals surface area contributed by atoms with Crippen LogP contribution in [0.15, 0.2) is 54.7 Å². The fourth-order valence-corrected chi connectivity index (χ4v) is 2.47. The van der Waals surface area contributed by atoms with Crippen molar-refractivity contribution in [3.8, 4) is 23.4 Å². The van der Waals surface area contributed by atoms with E-state index in [0.29, 0.717) is 34.5 Å². The van der Waals surface area contributed by atoms with Crippen LogP contribution >= 0.6 is 0 Å². The van der Waals surface area contributed by atoms with Gasteiger partial charge in [0.1, 0.15) is 11.5 Å². The molecule has 1 N–H and O–H groups in total. The molecular formula is C19H12N4O3. The summed E-state index contributed by atoms with van der Waals surface area (Å²) in [5.41, 5.74) is 1.89. The molecule has 0 atom stereocenters. The quantitative estimate of drug-likeness (QED) is 0.774. The van der Waals surface area contributed by atoms with Crippen molar-refractivity contribution in [2.75, 3.05) is 11.9 Å². The maximum absolute atomic E-state index is 11.6. The Morgan fingerprint density at radius 3 is 2.81 bits per heavy atom. The molecule has 1 aliphatic rings. The largest absolute Gasteiger partial charge is 0.485 e. The van der Waals surface area contributed by atoms with E-state index in [1.165, 1.54) is 0 Å². The second kappa shape index (κ2) is 6.53. The van der Waals surface area contributed by atoms with Crippen molar-refractivity contribution in [1.29, 1.82) is 5.26 Å². The summed E-state index contributed by atoms with van der Waals surface area (Å²) in [6, 6.07) is 15.7. The highest BCUT2D eigenvalue weighted by atomic mass is 16.5. The van der Waals surface area contributed by atoms with Crippen LogP contribution in [0.5, 0.6) is 17.4 Å². The Morgan fingerprint density at radius 1 is 1.15 bits per heavy atom. The van der Waals surface area contributed by atoms with Crippen molar-refractivity contribution < 1.29 is 14.3 Å². The van der Waals surface area contributed by atoms with E-state index in [1.54, 1.807) is 54.7 Å². The van der Waals surface area contributed by atoms with Gasteiger partial charge in [-0.1, -0.05) is 0 Å². The number of nitriles is 1. The summed E-state index contributed by atoms with van der Waals surface area (Å²) >= 11 is 0. The van der Waals surface area contributed by atoms with Crippen LogP contribution < -0.4 is 14.8 Å². The van der Waals surface area contributed by atoms with Gasteiger partial charge in [-0.3, -0.25) is 4.79 Å². The van der Waals surface area contributed by atoms with Crippen LogP contribution in [-0.2, 0) is 0 Å². The standard InChI is InChI=1S/C19H12N4O3/c20-10-12-1-3-13(4-2-12)22-19-21-8-7-18(23-19)26-14-5-6-15-16(24)11-25-17(15)9-14/h1-9H,11H2,(H,21,22,23). The number of hydrogen-bond acceptors (Lipinski definition) is 7. The number of fused-ring (bicyclic) bond motifs is 1. The number of carbonyl (C=O) groups is 1. The molecule has 3 aromatic rings. The Kier molecular flexibility index (Phi) is 3.92. The summed E-state index contributed by atoms with van der Waals surface area (Å²) in [6.45, 7) is 0.0605. The number of rotatable bonds is 4. The van der Waals surface area contributed by atoms with Gasteiger partial charge in [0.15, 0.2) is 6.61 Å². The SMILES string of the molecule is N#Cc1ccc(Nc2nccc(Oc3ccc4c(c3)OCC4=O)n2)cc1. The number of ketones is 1. The predicted octanol–water partition coefficient (Wildman–Crippen LogP) is 3.46. The molecule has 7 heteroatoms. The van der Waals surface area contributed by atoms with Crippen molar-refractivity contribution >= 4 is 17.4 Å². The van der Waals surface area contributed by atoms with Gasteiger partial charge in [-0.25, -0.2) is 4.98 Å². The van der Waals surface area contributed by atoms with Crippen LogP contribution in [0.4, 0.5) is 11.6 Å². The normalized spacial score (nSPS) is 12.0. The summed E-state index contributed by atoms with van der Waals surface area (Å²) in [5, 5.41) is 11.9. The van der Waals surface area contributed by atoms with E-state index in [9.17, 15) is 4.79 Å². The number of nitrogens with zero attached hydrogens (tertiary/aromatic N) is 3. The number of aromatic nitrogens is 2. The van der Waals surface area contributed by atoms with Crippen molar-refractivity contribution in [3.63, 3.8) is 0 Å². The molecule has 0 spiro atoms. The number of Topliss-reactive ketones (excluding diaryl/α,β-unsaturated/α-hetero) is 1. The molecule has 0 bridgehead atoms. The molecule has 0 fully saturated rings. The average molecular weight is 344 g/mol. The highest BCUT2D eigenvalue weighted by Crippen LogP contribution is 2.31. The van der Waals surface area contributed by atoms with Gasteiger partial charge >= 0.3 is 0 Å². The minimum atomic E-state index is -0.0394. The van der Waals surface area contributed by atoms with E-state index in [0.717, 1.165) is 5.69 Å². The number of carbonyl (C=O) groups excluding carboxylic acids is 1. The molecule has 2 heterocycles. The van der Waals surface area contributed by atoms with Crippen LogP contribution in [0.2, 0.25) is 0 Å². The zero-order valence-corrected chi connectivity index (χ0v) is 13.5. The zero-order valence-electron chi connectivity index (χ0n) is 13.5. The van der Waals surface area contributed by atoms with Gasteiger partial charge in [-0.2, -0.15) is 10.2 Å². The molecule has 126 valence electrons. The van der Waals surface area contributed by atoms with Crippen molar-refractivity contribution in [1.82, 2.24) is 9.97 Å². The molecule has 0 saturated heterocycles. The molecule has 0 saturated carbocycles. The van der Waals surface area contributed by atoms with E-state index in [-0.39, 0.29) is 12.4 Å². The lowest BCUT2D eigenvalue weighted by molar-refractivity contribution is 0.0961. The monoisotopic (exact) mass is 344 g/mol. The fourth-order valence-electron chi connectivity index (χ4n) is 2.47. The van der Waals surface area contributed by atoms with E-state index in [2.05, 4.69) is 21.4 Å². The molecule has 7 nitrogen and oxygen atoms in total. The first kappa shape index (κ1) is 15.6. The molecule has 0 unspecified atom stereocenters. The third-order valence-electron chi connectivity index (χ3n) is 3.73. The van der Waals surface area contributed by atoms with Gasteiger partial charge in [0.05, 0.1) is 17.2 Å². The van der Waals surface area contributed by atoms with Gasteiger partial charge < -0.3 is 14.8 Å². The molecule has 26 heavy (non-hydrogen) atoms. The third-order valence-corrected chi connectivity index (χ3v) is 3.73. The predicted molar refractivity (Wildman–Crippen MR) is 92.8 cm³/mol. The van der Waals surface area contributed by atoms with Crippen LogP contribution in [0.25, 0.3) is 0 Å². The number of benzene rings is 2. The average Bonchev–Trinajstić information content (AvgIpc) is 3.03. The molecule has 1 aromatic heterocycles. The molecule has 0 radical (unpaired) electrons. The number of hydrogen-bond donors (Lipinski definition) is 1. The second-order valence-corrected chi connectivity index (χ2v) is 5.50. The lowest BCUT2D eigenvalue weighted by Crippen LogP contribution is -1.98. The lowest BCUT2D eigenvalue weighted by atomic mass is 10.1. The van der Waals surface area contributed by atoms with Gasteiger partial charge in [-0.15, -0.1) is 0 Å². The van der Waals surface area contributed by atoms with Crippen molar-refractivity contribution in [2.45, 2.75) is 0 Å². The number of anilines is 2. The fraction of sp³-hybridized carbons (Fsp3) is 0.0526. The maximum atomic E-state index is 11.6. The number of nitrogens with one attached hydrogen (secondary N) is 1. The topological polar surface area (TPSA) is 97.1 Å².